The normalized spacial score (nSPS) is 22.4. The first-order chi connectivity index (χ1) is 12.9. The van der Waals surface area contributed by atoms with Crippen molar-refractivity contribution in [3.8, 4) is 5.75 Å². The monoisotopic (exact) mass is 381 g/mol. The van der Waals surface area contributed by atoms with E-state index in [1.54, 1.807) is 0 Å². The largest absolute Gasteiger partial charge is 0.491 e. The summed E-state index contributed by atoms with van der Waals surface area (Å²) in [6, 6.07) is 1.48. The third kappa shape index (κ3) is 3.87. The average Bonchev–Trinajstić information content (AvgIpc) is 3.40. The van der Waals surface area contributed by atoms with Crippen LogP contribution in [0.5, 0.6) is 5.75 Å². The van der Waals surface area contributed by atoms with E-state index in [9.17, 15) is 18.4 Å². The Bertz CT molecular complexity index is 742. The number of amides is 1. The Morgan fingerprint density at radius 3 is 2.70 bits per heavy atom. The highest BCUT2D eigenvalue weighted by molar-refractivity contribution is 5.94. The van der Waals surface area contributed by atoms with Gasteiger partial charge >= 0.3 is 0 Å². The Balaban J connectivity index is 1.51. The molecule has 3 aliphatic rings. The summed E-state index contributed by atoms with van der Waals surface area (Å²) in [4.78, 5) is 29.0. The van der Waals surface area contributed by atoms with Crippen LogP contribution >= 0.6 is 0 Å². The third-order valence-corrected chi connectivity index (χ3v) is 5.04. The van der Waals surface area contributed by atoms with E-state index in [0.717, 1.165) is 19.1 Å². The van der Waals surface area contributed by atoms with Gasteiger partial charge in [0.1, 0.15) is 17.7 Å². The minimum Gasteiger partial charge on any atom is -0.491 e. The number of nitrogens with one attached hydrogen (secondary N) is 1. The molecule has 1 saturated carbocycles. The predicted octanol–water partition coefficient (Wildman–Crippen LogP) is 1.41. The molecule has 4 rings (SSSR count). The van der Waals surface area contributed by atoms with Crippen LogP contribution in [0.4, 0.5) is 14.5 Å². The lowest BCUT2D eigenvalue weighted by Gasteiger charge is -2.41. The molecule has 1 aromatic heterocycles. The number of nitrogens with zero attached hydrogens (tertiary/aromatic N) is 2. The number of hydrogen-bond acceptors (Lipinski definition) is 6. The van der Waals surface area contributed by atoms with Gasteiger partial charge in [-0.3, -0.25) is 4.79 Å². The molecule has 1 aromatic rings. The summed E-state index contributed by atoms with van der Waals surface area (Å²) in [7, 11) is 0. The molecule has 1 N–H and O–H groups in total. The summed E-state index contributed by atoms with van der Waals surface area (Å²) < 4.78 is 37.4. The lowest BCUT2D eigenvalue weighted by atomic mass is 9.93. The van der Waals surface area contributed by atoms with Gasteiger partial charge < -0.3 is 24.5 Å². The highest BCUT2D eigenvalue weighted by atomic mass is 19.3. The molecule has 3 heterocycles. The smallest absolute Gasteiger partial charge is 0.282 e. The number of carbonyl (C=O) groups excluding carboxylic acids is 2. The Morgan fingerprint density at radius 1 is 1.41 bits per heavy atom. The number of halogens is 2. The summed E-state index contributed by atoms with van der Waals surface area (Å²) >= 11 is 0. The van der Waals surface area contributed by atoms with Gasteiger partial charge in [0.25, 0.3) is 11.8 Å². The lowest BCUT2D eigenvalue weighted by Crippen LogP contribution is -2.62. The third-order valence-electron chi connectivity index (χ3n) is 5.04. The molecule has 0 bridgehead atoms. The van der Waals surface area contributed by atoms with E-state index >= 15 is 0 Å². The maximum atomic E-state index is 13.2. The molecule has 2 aliphatic heterocycles. The molecule has 0 unspecified atom stereocenters. The summed E-state index contributed by atoms with van der Waals surface area (Å²) in [5, 5.41) is 2.79. The zero-order valence-corrected chi connectivity index (χ0v) is 14.7. The summed E-state index contributed by atoms with van der Waals surface area (Å²) in [5.41, 5.74) is -0.116. The van der Waals surface area contributed by atoms with Crippen LogP contribution in [0.2, 0.25) is 0 Å². The molecule has 0 aromatic carbocycles. The molecule has 0 radical (unpaired) electrons. The van der Waals surface area contributed by atoms with Crippen molar-refractivity contribution in [2.75, 3.05) is 37.8 Å². The van der Waals surface area contributed by atoms with Crippen LogP contribution in [-0.4, -0.2) is 61.5 Å². The topological polar surface area (TPSA) is 80.8 Å². The van der Waals surface area contributed by atoms with Crippen molar-refractivity contribution in [3.05, 3.63) is 18.0 Å². The predicted molar refractivity (Wildman–Crippen MR) is 91.3 cm³/mol. The maximum absolute atomic E-state index is 13.2. The molecule has 1 aliphatic carbocycles. The number of alkyl halides is 2. The number of rotatable bonds is 8. The molecule has 27 heavy (non-hydrogen) atoms. The molecular weight excluding hydrogens is 360 g/mol. The zero-order valence-electron chi connectivity index (χ0n) is 14.7. The van der Waals surface area contributed by atoms with Crippen LogP contribution in [0.15, 0.2) is 12.3 Å². The number of ether oxygens (including phenoxy) is 2. The van der Waals surface area contributed by atoms with E-state index in [2.05, 4.69) is 10.3 Å². The first-order valence-electron chi connectivity index (χ1n) is 8.99. The van der Waals surface area contributed by atoms with Crippen molar-refractivity contribution < 1.29 is 27.8 Å². The van der Waals surface area contributed by atoms with Crippen LogP contribution in [0.1, 0.15) is 29.8 Å². The Kier molecular flexibility index (Phi) is 4.49. The van der Waals surface area contributed by atoms with Gasteiger partial charge in [0.2, 0.25) is 0 Å². The highest BCUT2D eigenvalue weighted by Crippen LogP contribution is 2.38. The minimum absolute atomic E-state index is 0.119. The van der Waals surface area contributed by atoms with Gasteiger partial charge in [0.05, 0.1) is 50.3 Å². The van der Waals surface area contributed by atoms with Crippen molar-refractivity contribution in [2.45, 2.75) is 30.7 Å². The van der Waals surface area contributed by atoms with Gasteiger partial charge in [-0.2, -0.15) is 0 Å². The van der Waals surface area contributed by atoms with Crippen LogP contribution in [0.25, 0.3) is 0 Å². The van der Waals surface area contributed by atoms with Crippen molar-refractivity contribution in [1.29, 1.82) is 0 Å². The first kappa shape index (κ1) is 18.1. The summed E-state index contributed by atoms with van der Waals surface area (Å²) in [5.74, 6) is -2.30. The fourth-order valence-electron chi connectivity index (χ4n) is 3.14. The van der Waals surface area contributed by atoms with Gasteiger partial charge in [0, 0.05) is 12.5 Å². The summed E-state index contributed by atoms with van der Waals surface area (Å²) in [6.45, 7) is 0.248. The molecule has 1 amide bonds. The number of anilines is 1. The molecule has 0 spiro atoms. The van der Waals surface area contributed by atoms with Gasteiger partial charge in [-0.15, -0.1) is 0 Å². The van der Waals surface area contributed by atoms with E-state index in [0.29, 0.717) is 24.0 Å². The first-order valence-corrected chi connectivity index (χ1v) is 8.99. The zero-order chi connectivity index (χ0) is 19.1. The molecule has 146 valence electrons. The molecule has 7 nitrogen and oxygen atoms in total. The van der Waals surface area contributed by atoms with Gasteiger partial charge in [0.15, 0.2) is 0 Å². The Hall–Kier alpha value is -2.29. The van der Waals surface area contributed by atoms with Gasteiger partial charge in [-0.05, 0) is 18.8 Å². The average molecular weight is 381 g/mol. The Morgan fingerprint density at radius 2 is 2.15 bits per heavy atom. The minimum atomic E-state index is -2.71. The SMILES string of the molecule is O=CCC1(NC(=O)c2cc(OCC3CC3)c(N3CC(F)(F)C3)cn2)COC1. The van der Waals surface area contributed by atoms with E-state index in [1.807, 2.05) is 0 Å². The second kappa shape index (κ2) is 6.70. The molecule has 9 heteroatoms. The molecule has 3 fully saturated rings. The van der Waals surface area contributed by atoms with Crippen molar-refractivity contribution in [1.82, 2.24) is 10.3 Å². The van der Waals surface area contributed by atoms with Crippen LogP contribution < -0.4 is 15.0 Å². The second-order valence-electron chi connectivity index (χ2n) is 7.60. The van der Waals surface area contributed by atoms with E-state index in [-0.39, 0.29) is 38.4 Å². The van der Waals surface area contributed by atoms with Crippen LogP contribution in [0, 0.1) is 5.92 Å². The number of aldehydes is 1. The Labute approximate surface area is 155 Å². The fourth-order valence-corrected chi connectivity index (χ4v) is 3.14. The maximum Gasteiger partial charge on any atom is 0.282 e. The van der Waals surface area contributed by atoms with Crippen molar-refractivity contribution >= 4 is 17.9 Å². The van der Waals surface area contributed by atoms with Crippen molar-refractivity contribution in [2.24, 2.45) is 5.92 Å². The number of aromatic nitrogens is 1. The lowest BCUT2D eigenvalue weighted by molar-refractivity contribution is -0.117. The number of pyridine rings is 1. The van der Waals surface area contributed by atoms with Crippen LogP contribution in [0.3, 0.4) is 0 Å². The molecule has 0 atom stereocenters. The number of hydrogen-bond donors (Lipinski definition) is 1. The number of carbonyl (C=O) groups is 2. The van der Waals surface area contributed by atoms with E-state index < -0.39 is 17.4 Å². The highest BCUT2D eigenvalue weighted by Gasteiger charge is 2.45. The van der Waals surface area contributed by atoms with Gasteiger partial charge in [-0.25, -0.2) is 13.8 Å². The summed E-state index contributed by atoms with van der Waals surface area (Å²) in [6.07, 6.45) is 4.47. The fraction of sp³-hybridized carbons (Fsp3) is 0.611. The molecule has 2 saturated heterocycles. The van der Waals surface area contributed by atoms with Crippen LogP contribution in [-0.2, 0) is 9.53 Å². The van der Waals surface area contributed by atoms with E-state index in [1.165, 1.54) is 17.2 Å². The van der Waals surface area contributed by atoms with Crippen molar-refractivity contribution in [3.63, 3.8) is 0 Å². The second-order valence-corrected chi connectivity index (χ2v) is 7.60. The van der Waals surface area contributed by atoms with Gasteiger partial charge in [-0.1, -0.05) is 0 Å². The standard InChI is InChI=1S/C18H21F2N3O4/c19-18(20)8-23(9-18)14-6-21-13(5-15(14)27-7-12-1-2-12)16(25)22-17(3-4-24)10-26-11-17/h4-6,12H,1-3,7-11H2,(H,22,25). The van der Waals surface area contributed by atoms with E-state index in [4.69, 9.17) is 9.47 Å². The molecular formula is C18H21F2N3O4. The quantitative estimate of drug-likeness (QED) is 0.686.